The number of aromatic amines is 1. The van der Waals surface area contributed by atoms with Gasteiger partial charge in [-0.3, -0.25) is 4.79 Å². The smallest absolute Gasteiger partial charge is 0.257 e. The zero-order valence-corrected chi connectivity index (χ0v) is 12.9. The van der Waals surface area contributed by atoms with Gasteiger partial charge in [0.15, 0.2) is 0 Å². The van der Waals surface area contributed by atoms with Crippen LogP contribution in [0.1, 0.15) is 15.9 Å². The van der Waals surface area contributed by atoms with Crippen molar-refractivity contribution in [3.8, 4) is 11.1 Å². The number of amides is 1. The molecule has 0 fully saturated rings. The summed E-state index contributed by atoms with van der Waals surface area (Å²) in [5.74, 6) is -0.561. The van der Waals surface area contributed by atoms with Gasteiger partial charge in [-0.25, -0.2) is 4.39 Å². The number of carbonyl (C=O) groups excluding carboxylic acids is 1. The van der Waals surface area contributed by atoms with E-state index in [2.05, 4.69) is 10.3 Å². The van der Waals surface area contributed by atoms with Crippen LogP contribution in [0.25, 0.3) is 11.1 Å². The Morgan fingerprint density at radius 3 is 2.42 bits per heavy atom. The molecule has 0 aliphatic rings. The first-order chi connectivity index (χ1) is 11.7. The van der Waals surface area contributed by atoms with E-state index < -0.39 is 0 Å². The van der Waals surface area contributed by atoms with Crippen LogP contribution in [0.2, 0.25) is 0 Å². The highest BCUT2D eigenvalue weighted by Gasteiger charge is 2.14. The van der Waals surface area contributed by atoms with Gasteiger partial charge in [0, 0.05) is 30.3 Å². The lowest BCUT2D eigenvalue weighted by atomic mass is 10.0. The Morgan fingerprint density at radius 1 is 1.04 bits per heavy atom. The summed E-state index contributed by atoms with van der Waals surface area (Å²) in [6.07, 6.45) is 3.92. The summed E-state index contributed by atoms with van der Waals surface area (Å²) in [4.78, 5) is 15.4. The molecule has 3 rings (SSSR count). The Kier molecular flexibility index (Phi) is 4.72. The van der Waals surface area contributed by atoms with E-state index in [1.54, 1.807) is 36.7 Å². The summed E-state index contributed by atoms with van der Waals surface area (Å²) < 4.78 is 13.1. The maximum atomic E-state index is 13.1. The summed E-state index contributed by atoms with van der Waals surface area (Å²) in [5.41, 5.74) is 3.64. The quantitative estimate of drug-likeness (QED) is 0.671. The summed E-state index contributed by atoms with van der Waals surface area (Å²) >= 11 is 0. The molecule has 1 heterocycles. The van der Waals surface area contributed by atoms with Crippen molar-refractivity contribution in [1.29, 1.82) is 0 Å². The van der Waals surface area contributed by atoms with Crippen molar-refractivity contribution in [2.45, 2.75) is 6.42 Å². The third-order valence-corrected chi connectivity index (χ3v) is 3.76. The number of H-pyrrole nitrogens is 1. The second kappa shape index (κ2) is 7.10. The normalized spacial score (nSPS) is 10.6. The summed E-state index contributed by atoms with van der Waals surface area (Å²) in [7, 11) is 0. The van der Waals surface area contributed by atoms with Gasteiger partial charge in [0.05, 0.1) is 5.56 Å². The molecule has 0 aliphatic carbocycles. The van der Waals surface area contributed by atoms with E-state index in [0.29, 0.717) is 23.2 Å². The van der Waals surface area contributed by atoms with Gasteiger partial charge in [0.2, 0.25) is 0 Å². The second-order valence-electron chi connectivity index (χ2n) is 5.41. The molecule has 3 aromatic rings. The SMILES string of the molecule is O=C(Nc1ccc(CCO)cc1)c1c[nH]cc1-c1ccc(F)cc1. The minimum Gasteiger partial charge on any atom is -0.396 e. The number of halogens is 1. The first-order valence-corrected chi connectivity index (χ1v) is 7.61. The molecule has 4 nitrogen and oxygen atoms in total. The molecule has 0 atom stereocenters. The predicted octanol–water partition coefficient (Wildman–Crippen LogP) is 3.61. The van der Waals surface area contributed by atoms with Gasteiger partial charge in [-0.2, -0.15) is 0 Å². The topological polar surface area (TPSA) is 65.1 Å². The maximum Gasteiger partial charge on any atom is 0.257 e. The van der Waals surface area contributed by atoms with Gasteiger partial charge in [-0.15, -0.1) is 0 Å². The summed E-state index contributed by atoms with van der Waals surface area (Å²) in [6.45, 7) is 0.0933. The molecule has 1 amide bonds. The number of hydrogen-bond acceptors (Lipinski definition) is 2. The average Bonchev–Trinajstić information content (AvgIpc) is 3.07. The van der Waals surface area contributed by atoms with Crippen LogP contribution in [-0.2, 0) is 6.42 Å². The first-order valence-electron chi connectivity index (χ1n) is 7.61. The van der Waals surface area contributed by atoms with Crippen molar-refractivity contribution in [2.75, 3.05) is 11.9 Å². The van der Waals surface area contributed by atoms with Crippen LogP contribution in [0.5, 0.6) is 0 Å². The largest absolute Gasteiger partial charge is 0.396 e. The lowest BCUT2D eigenvalue weighted by Crippen LogP contribution is -2.12. The van der Waals surface area contributed by atoms with Crippen LogP contribution in [0.4, 0.5) is 10.1 Å². The number of anilines is 1. The first kappa shape index (κ1) is 16.0. The summed E-state index contributed by atoms with van der Waals surface area (Å²) in [5, 5.41) is 11.8. The Morgan fingerprint density at radius 2 is 1.75 bits per heavy atom. The van der Waals surface area contributed by atoms with E-state index in [-0.39, 0.29) is 18.3 Å². The molecule has 2 aromatic carbocycles. The number of hydrogen-bond donors (Lipinski definition) is 3. The molecule has 0 spiro atoms. The fourth-order valence-corrected chi connectivity index (χ4v) is 2.50. The molecule has 0 unspecified atom stereocenters. The third kappa shape index (κ3) is 3.52. The van der Waals surface area contributed by atoms with E-state index in [4.69, 9.17) is 5.11 Å². The average molecular weight is 324 g/mol. The predicted molar refractivity (Wildman–Crippen MR) is 91.4 cm³/mol. The monoisotopic (exact) mass is 324 g/mol. The van der Waals surface area contributed by atoms with Crippen LogP contribution in [0.3, 0.4) is 0 Å². The number of rotatable bonds is 5. The van der Waals surface area contributed by atoms with Gasteiger partial charge in [0.25, 0.3) is 5.91 Å². The number of carbonyl (C=O) groups is 1. The Balaban J connectivity index is 1.78. The zero-order valence-electron chi connectivity index (χ0n) is 12.9. The van der Waals surface area contributed by atoms with Crippen LogP contribution >= 0.6 is 0 Å². The number of aliphatic hydroxyl groups is 1. The minimum absolute atomic E-state index is 0.0933. The molecule has 0 saturated carbocycles. The number of benzene rings is 2. The second-order valence-corrected chi connectivity index (χ2v) is 5.41. The van der Waals surface area contributed by atoms with Crippen molar-refractivity contribution in [2.24, 2.45) is 0 Å². The van der Waals surface area contributed by atoms with E-state index in [1.165, 1.54) is 12.1 Å². The fourth-order valence-electron chi connectivity index (χ4n) is 2.50. The highest BCUT2D eigenvalue weighted by Crippen LogP contribution is 2.24. The van der Waals surface area contributed by atoms with Crippen LogP contribution < -0.4 is 5.32 Å². The number of aromatic nitrogens is 1. The fraction of sp³-hybridized carbons (Fsp3) is 0.105. The molecule has 1 aromatic heterocycles. The maximum absolute atomic E-state index is 13.1. The van der Waals surface area contributed by atoms with Crippen LogP contribution in [-0.4, -0.2) is 22.6 Å². The van der Waals surface area contributed by atoms with Gasteiger partial charge < -0.3 is 15.4 Å². The molecule has 0 aliphatic heterocycles. The Labute approximate surface area is 139 Å². The highest BCUT2D eigenvalue weighted by atomic mass is 19.1. The highest BCUT2D eigenvalue weighted by molar-refractivity contribution is 6.08. The van der Waals surface area contributed by atoms with E-state index in [1.807, 2.05) is 12.1 Å². The van der Waals surface area contributed by atoms with Crippen LogP contribution in [0.15, 0.2) is 60.9 Å². The molecule has 0 bridgehead atoms. The van der Waals surface area contributed by atoms with Gasteiger partial charge in [0.1, 0.15) is 5.82 Å². The van der Waals surface area contributed by atoms with Crippen molar-refractivity contribution in [3.05, 3.63) is 77.9 Å². The molecule has 3 N–H and O–H groups in total. The van der Waals surface area contributed by atoms with Crippen molar-refractivity contribution in [1.82, 2.24) is 4.98 Å². The van der Waals surface area contributed by atoms with Gasteiger partial charge in [-0.05, 0) is 41.8 Å². The van der Waals surface area contributed by atoms with Gasteiger partial charge in [-0.1, -0.05) is 24.3 Å². The van der Waals surface area contributed by atoms with Crippen molar-refractivity contribution in [3.63, 3.8) is 0 Å². The Hall–Kier alpha value is -2.92. The molecular formula is C19H17FN2O2. The lowest BCUT2D eigenvalue weighted by Gasteiger charge is -2.07. The van der Waals surface area contributed by atoms with Crippen molar-refractivity contribution < 1.29 is 14.3 Å². The number of aliphatic hydroxyl groups excluding tert-OH is 1. The third-order valence-electron chi connectivity index (χ3n) is 3.76. The molecule has 24 heavy (non-hydrogen) atoms. The lowest BCUT2D eigenvalue weighted by molar-refractivity contribution is 0.102. The molecule has 5 heteroatoms. The van der Waals surface area contributed by atoms with E-state index >= 15 is 0 Å². The van der Waals surface area contributed by atoms with E-state index in [0.717, 1.165) is 11.1 Å². The summed E-state index contributed by atoms with van der Waals surface area (Å²) in [6, 6.07) is 13.3. The standard InChI is InChI=1S/C19H17FN2O2/c20-15-5-3-14(4-6-15)17-11-21-12-18(17)19(24)22-16-7-1-13(2-8-16)9-10-23/h1-8,11-12,21,23H,9-10H2,(H,22,24). The molecule has 0 radical (unpaired) electrons. The van der Waals surface area contributed by atoms with Crippen LogP contribution in [0, 0.1) is 5.82 Å². The molecule has 0 saturated heterocycles. The minimum atomic E-state index is -0.316. The van der Waals surface area contributed by atoms with E-state index in [9.17, 15) is 9.18 Å². The molecular weight excluding hydrogens is 307 g/mol. The van der Waals surface area contributed by atoms with Crippen molar-refractivity contribution >= 4 is 11.6 Å². The molecule has 122 valence electrons. The van der Waals surface area contributed by atoms with Gasteiger partial charge >= 0.3 is 0 Å². The zero-order chi connectivity index (χ0) is 16.9. The number of nitrogens with one attached hydrogen (secondary N) is 2. The Bertz CT molecular complexity index is 823.